The first-order chi connectivity index (χ1) is 9.78. The molecule has 1 aliphatic rings. The average Bonchev–Trinajstić information content (AvgIpc) is 2.46. The summed E-state index contributed by atoms with van der Waals surface area (Å²) in [6.07, 6.45) is 2.63. The molecule has 1 saturated heterocycles. The van der Waals surface area contributed by atoms with Crippen molar-refractivity contribution in [1.82, 2.24) is 4.90 Å². The summed E-state index contributed by atoms with van der Waals surface area (Å²) in [7, 11) is 0. The molecule has 1 aromatic carbocycles. The van der Waals surface area contributed by atoms with Crippen molar-refractivity contribution >= 4 is 23.4 Å². The molecule has 0 aromatic heterocycles. The fraction of sp³-hybridized carbons (Fsp3) is 0.562. The zero-order valence-corrected chi connectivity index (χ0v) is 13.0. The van der Waals surface area contributed by atoms with Crippen molar-refractivity contribution in [2.24, 2.45) is 0 Å². The van der Waals surface area contributed by atoms with Crippen LogP contribution in [-0.2, 0) is 11.3 Å². The predicted molar refractivity (Wildman–Crippen MR) is 87.2 cm³/mol. The summed E-state index contributed by atoms with van der Waals surface area (Å²) in [6, 6.07) is 8.25. The molecule has 2 rings (SSSR count). The molecule has 0 spiro atoms. The molecule has 110 valence electrons. The van der Waals surface area contributed by atoms with Crippen LogP contribution in [0.5, 0.6) is 0 Å². The van der Waals surface area contributed by atoms with Crippen molar-refractivity contribution in [3.8, 4) is 0 Å². The highest BCUT2D eigenvalue weighted by atomic mass is 32.2. The molecule has 0 atom stereocenters. The second-order valence-electron chi connectivity index (χ2n) is 5.24. The van der Waals surface area contributed by atoms with E-state index >= 15 is 0 Å². The highest BCUT2D eigenvalue weighted by molar-refractivity contribution is 7.99. The van der Waals surface area contributed by atoms with Crippen LogP contribution in [0.1, 0.15) is 31.7 Å². The van der Waals surface area contributed by atoms with E-state index in [0.717, 1.165) is 38.2 Å². The van der Waals surface area contributed by atoms with Gasteiger partial charge < -0.3 is 5.32 Å². The van der Waals surface area contributed by atoms with Crippen LogP contribution in [-0.4, -0.2) is 35.4 Å². The molecule has 0 bridgehead atoms. The number of anilines is 1. The number of rotatable bonds is 6. The van der Waals surface area contributed by atoms with Crippen LogP contribution in [0.25, 0.3) is 0 Å². The third kappa shape index (κ3) is 5.17. The van der Waals surface area contributed by atoms with E-state index in [1.165, 1.54) is 17.1 Å². The van der Waals surface area contributed by atoms with Crippen molar-refractivity contribution in [3.05, 3.63) is 29.8 Å². The SMILES string of the molecule is CCCCC(=O)Nc1cccc(CN2CCSCC2)c1. The summed E-state index contributed by atoms with van der Waals surface area (Å²) in [4.78, 5) is 14.2. The van der Waals surface area contributed by atoms with Crippen molar-refractivity contribution in [3.63, 3.8) is 0 Å². The van der Waals surface area contributed by atoms with Gasteiger partial charge in [0, 0.05) is 43.2 Å². The first-order valence-corrected chi connectivity index (χ1v) is 8.62. The van der Waals surface area contributed by atoms with Crippen LogP contribution >= 0.6 is 11.8 Å². The lowest BCUT2D eigenvalue weighted by Gasteiger charge is -2.26. The van der Waals surface area contributed by atoms with Gasteiger partial charge in [-0.1, -0.05) is 25.5 Å². The predicted octanol–water partition coefficient (Wildman–Crippen LogP) is 3.36. The van der Waals surface area contributed by atoms with Gasteiger partial charge in [0.05, 0.1) is 0 Å². The number of nitrogens with one attached hydrogen (secondary N) is 1. The number of carbonyl (C=O) groups is 1. The van der Waals surface area contributed by atoms with Crippen molar-refractivity contribution < 1.29 is 4.79 Å². The molecular formula is C16H24N2OS. The van der Waals surface area contributed by atoms with E-state index in [2.05, 4.69) is 29.3 Å². The van der Waals surface area contributed by atoms with Crippen LogP contribution in [0.2, 0.25) is 0 Å². The van der Waals surface area contributed by atoms with E-state index in [1.807, 2.05) is 23.9 Å². The Morgan fingerprint density at radius 1 is 1.35 bits per heavy atom. The smallest absolute Gasteiger partial charge is 0.224 e. The first-order valence-electron chi connectivity index (χ1n) is 7.47. The zero-order valence-electron chi connectivity index (χ0n) is 12.2. The van der Waals surface area contributed by atoms with Crippen molar-refractivity contribution in [1.29, 1.82) is 0 Å². The quantitative estimate of drug-likeness (QED) is 0.872. The maximum atomic E-state index is 11.7. The van der Waals surface area contributed by atoms with Gasteiger partial charge in [-0.05, 0) is 24.1 Å². The van der Waals surface area contributed by atoms with Crippen molar-refractivity contribution in [2.75, 3.05) is 29.9 Å². The maximum Gasteiger partial charge on any atom is 0.224 e. The fourth-order valence-electron chi connectivity index (χ4n) is 2.33. The Balaban J connectivity index is 1.88. The number of hydrogen-bond donors (Lipinski definition) is 1. The number of thioether (sulfide) groups is 1. The van der Waals surface area contributed by atoms with Crippen LogP contribution in [0.15, 0.2) is 24.3 Å². The molecule has 3 nitrogen and oxygen atoms in total. The van der Waals surface area contributed by atoms with E-state index in [1.54, 1.807) is 0 Å². The Bertz CT molecular complexity index is 430. The van der Waals surface area contributed by atoms with Gasteiger partial charge in [-0.3, -0.25) is 9.69 Å². The number of nitrogens with zero attached hydrogens (tertiary/aromatic N) is 1. The molecule has 0 aliphatic carbocycles. The number of hydrogen-bond acceptors (Lipinski definition) is 3. The average molecular weight is 292 g/mol. The van der Waals surface area contributed by atoms with E-state index < -0.39 is 0 Å². The third-order valence-corrected chi connectivity index (χ3v) is 4.42. The van der Waals surface area contributed by atoms with Crippen molar-refractivity contribution in [2.45, 2.75) is 32.7 Å². The Labute approximate surface area is 126 Å². The summed E-state index contributed by atoms with van der Waals surface area (Å²) in [5, 5.41) is 2.99. The van der Waals surface area contributed by atoms with Gasteiger partial charge in [0.25, 0.3) is 0 Å². The van der Waals surface area contributed by atoms with Gasteiger partial charge in [-0.15, -0.1) is 0 Å². The zero-order chi connectivity index (χ0) is 14.2. The van der Waals surface area contributed by atoms with Crippen LogP contribution < -0.4 is 5.32 Å². The number of unbranched alkanes of at least 4 members (excludes halogenated alkanes) is 1. The molecule has 1 aromatic rings. The Hall–Kier alpha value is -1.00. The monoisotopic (exact) mass is 292 g/mol. The molecule has 4 heteroatoms. The Morgan fingerprint density at radius 3 is 2.90 bits per heavy atom. The molecule has 20 heavy (non-hydrogen) atoms. The van der Waals surface area contributed by atoms with E-state index in [-0.39, 0.29) is 5.91 Å². The Kier molecular flexibility index (Phi) is 6.40. The minimum Gasteiger partial charge on any atom is -0.326 e. The summed E-state index contributed by atoms with van der Waals surface area (Å²) in [5.41, 5.74) is 2.21. The first kappa shape index (κ1) is 15.4. The standard InChI is InChI=1S/C16H24N2OS/c1-2-3-7-16(19)17-15-6-4-5-14(12-15)13-18-8-10-20-11-9-18/h4-6,12H,2-3,7-11,13H2,1H3,(H,17,19). The molecule has 1 amide bonds. The summed E-state index contributed by atoms with van der Waals surface area (Å²) >= 11 is 2.03. The van der Waals surface area contributed by atoms with Crippen LogP contribution in [0, 0.1) is 0 Å². The largest absolute Gasteiger partial charge is 0.326 e. The molecule has 0 radical (unpaired) electrons. The second kappa shape index (κ2) is 8.32. The van der Waals surface area contributed by atoms with Gasteiger partial charge >= 0.3 is 0 Å². The maximum absolute atomic E-state index is 11.7. The molecule has 1 N–H and O–H groups in total. The van der Waals surface area contributed by atoms with Gasteiger partial charge in [0.15, 0.2) is 0 Å². The lowest BCUT2D eigenvalue weighted by atomic mass is 10.1. The molecule has 0 saturated carbocycles. The lowest BCUT2D eigenvalue weighted by Crippen LogP contribution is -2.31. The fourth-order valence-corrected chi connectivity index (χ4v) is 3.30. The number of benzene rings is 1. The number of carbonyl (C=O) groups excluding carboxylic acids is 1. The van der Waals surface area contributed by atoms with Crippen LogP contribution in [0.3, 0.4) is 0 Å². The molecule has 0 unspecified atom stereocenters. The van der Waals surface area contributed by atoms with Crippen LogP contribution in [0.4, 0.5) is 5.69 Å². The topological polar surface area (TPSA) is 32.3 Å². The van der Waals surface area contributed by atoms with Gasteiger partial charge in [-0.25, -0.2) is 0 Å². The van der Waals surface area contributed by atoms with E-state index in [4.69, 9.17) is 0 Å². The summed E-state index contributed by atoms with van der Waals surface area (Å²) in [5.74, 6) is 2.58. The molecular weight excluding hydrogens is 268 g/mol. The second-order valence-corrected chi connectivity index (χ2v) is 6.47. The van der Waals surface area contributed by atoms with E-state index in [9.17, 15) is 4.79 Å². The third-order valence-electron chi connectivity index (χ3n) is 3.48. The van der Waals surface area contributed by atoms with E-state index in [0.29, 0.717) is 6.42 Å². The van der Waals surface area contributed by atoms with Gasteiger partial charge in [0.2, 0.25) is 5.91 Å². The molecule has 1 fully saturated rings. The minimum absolute atomic E-state index is 0.123. The molecule has 1 heterocycles. The minimum atomic E-state index is 0.123. The van der Waals surface area contributed by atoms with Gasteiger partial charge in [-0.2, -0.15) is 11.8 Å². The Morgan fingerprint density at radius 2 is 2.15 bits per heavy atom. The summed E-state index contributed by atoms with van der Waals surface area (Å²) in [6.45, 7) is 5.42. The lowest BCUT2D eigenvalue weighted by molar-refractivity contribution is -0.116. The highest BCUT2D eigenvalue weighted by Crippen LogP contribution is 2.16. The highest BCUT2D eigenvalue weighted by Gasteiger charge is 2.11. The normalized spacial score (nSPS) is 16.1. The summed E-state index contributed by atoms with van der Waals surface area (Å²) < 4.78 is 0. The van der Waals surface area contributed by atoms with Gasteiger partial charge in [0.1, 0.15) is 0 Å². The molecule has 1 aliphatic heterocycles. The number of amides is 1.